The van der Waals surface area contributed by atoms with Crippen molar-refractivity contribution in [3.8, 4) is 0 Å². The minimum Gasteiger partial charge on any atom is -0.355 e. The molecule has 0 aliphatic rings. The van der Waals surface area contributed by atoms with Crippen molar-refractivity contribution < 1.29 is 4.52 Å². The van der Waals surface area contributed by atoms with Gasteiger partial charge in [-0.3, -0.25) is 0 Å². The summed E-state index contributed by atoms with van der Waals surface area (Å²) >= 11 is 4.44. The molecule has 2 rings (SSSR count). The van der Waals surface area contributed by atoms with Crippen LogP contribution in [0.5, 0.6) is 0 Å². The SMILES string of the molecule is Ic1cccc2onc(I)c12. The molecule has 1 heterocycles. The van der Waals surface area contributed by atoms with Crippen molar-refractivity contribution in [2.45, 2.75) is 0 Å². The molecule has 0 atom stereocenters. The molecule has 0 unspecified atom stereocenters. The van der Waals surface area contributed by atoms with Gasteiger partial charge in [0.1, 0.15) is 0 Å². The highest BCUT2D eigenvalue weighted by atomic mass is 127. The highest BCUT2D eigenvalue weighted by Crippen LogP contribution is 2.24. The predicted octanol–water partition coefficient (Wildman–Crippen LogP) is 3.04. The Balaban J connectivity index is 2.96. The molecule has 0 fully saturated rings. The molecule has 2 aromatic rings. The number of hydrogen-bond donors (Lipinski definition) is 0. The van der Waals surface area contributed by atoms with Gasteiger partial charge in [0.05, 0.1) is 5.39 Å². The normalized spacial score (nSPS) is 10.7. The number of benzene rings is 1. The molecule has 56 valence electrons. The third-order valence-corrected chi connectivity index (χ3v) is 3.04. The van der Waals surface area contributed by atoms with Gasteiger partial charge in [0.15, 0.2) is 9.28 Å². The number of halogens is 2. The van der Waals surface area contributed by atoms with Crippen molar-refractivity contribution in [2.75, 3.05) is 0 Å². The van der Waals surface area contributed by atoms with Crippen LogP contribution in [0.25, 0.3) is 11.0 Å². The Labute approximate surface area is 90.6 Å². The number of fused-ring (bicyclic) bond motifs is 1. The summed E-state index contributed by atoms with van der Waals surface area (Å²) in [5, 5.41) is 4.98. The van der Waals surface area contributed by atoms with Crippen LogP contribution < -0.4 is 0 Å². The second kappa shape index (κ2) is 2.89. The molecule has 1 aromatic heterocycles. The number of rotatable bonds is 0. The zero-order valence-electron chi connectivity index (χ0n) is 5.34. The van der Waals surface area contributed by atoms with Gasteiger partial charge < -0.3 is 4.52 Å². The van der Waals surface area contributed by atoms with Gasteiger partial charge >= 0.3 is 0 Å². The lowest BCUT2D eigenvalue weighted by Crippen LogP contribution is -1.73. The molecule has 0 radical (unpaired) electrons. The van der Waals surface area contributed by atoms with E-state index in [9.17, 15) is 0 Å². The average Bonchev–Trinajstić information content (AvgIpc) is 2.34. The van der Waals surface area contributed by atoms with Crippen molar-refractivity contribution in [1.29, 1.82) is 0 Å². The van der Waals surface area contributed by atoms with E-state index in [0.29, 0.717) is 0 Å². The van der Waals surface area contributed by atoms with Crippen LogP contribution in [0.3, 0.4) is 0 Å². The van der Waals surface area contributed by atoms with Crippen LogP contribution in [-0.4, -0.2) is 5.16 Å². The van der Waals surface area contributed by atoms with Gasteiger partial charge in [-0.1, -0.05) is 11.2 Å². The smallest absolute Gasteiger partial charge is 0.169 e. The first-order valence-corrected chi connectivity index (χ1v) is 5.14. The fourth-order valence-electron chi connectivity index (χ4n) is 0.916. The van der Waals surface area contributed by atoms with Gasteiger partial charge in [0, 0.05) is 3.57 Å². The van der Waals surface area contributed by atoms with E-state index < -0.39 is 0 Å². The summed E-state index contributed by atoms with van der Waals surface area (Å²) in [5.74, 6) is 0. The first-order chi connectivity index (χ1) is 5.29. The molecule has 0 saturated heterocycles. The predicted molar refractivity (Wildman–Crippen MR) is 59.4 cm³/mol. The standard InChI is InChI=1S/C7H3I2NO/c8-4-2-1-3-5-6(4)7(9)10-11-5/h1-3H. The molecule has 1 aromatic carbocycles. The topological polar surface area (TPSA) is 26.0 Å². The lowest BCUT2D eigenvalue weighted by molar-refractivity contribution is 0.451. The Kier molecular flexibility index (Phi) is 2.04. The van der Waals surface area contributed by atoms with E-state index in [-0.39, 0.29) is 0 Å². The summed E-state index contributed by atoms with van der Waals surface area (Å²) in [6.45, 7) is 0. The van der Waals surface area contributed by atoms with E-state index in [1.807, 2.05) is 18.2 Å². The second-order valence-corrected chi connectivity index (χ2v) is 4.27. The van der Waals surface area contributed by atoms with E-state index in [1.54, 1.807) is 0 Å². The Morgan fingerprint density at radius 3 is 2.82 bits per heavy atom. The van der Waals surface area contributed by atoms with Crippen LogP contribution in [0.2, 0.25) is 0 Å². The van der Waals surface area contributed by atoms with Crippen LogP contribution >= 0.6 is 45.2 Å². The van der Waals surface area contributed by atoms with Gasteiger partial charge in [-0.25, -0.2) is 0 Å². The first-order valence-electron chi connectivity index (χ1n) is 2.98. The van der Waals surface area contributed by atoms with Crippen molar-refractivity contribution in [2.24, 2.45) is 0 Å². The van der Waals surface area contributed by atoms with E-state index in [1.165, 1.54) is 3.57 Å². The van der Waals surface area contributed by atoms with Crippen LogP contribution in [0, 0.1) is 7.27 Å². The largest absolute Gasteiger partial charge is 0.355 e. The van der Waals surface area contributed by atoms with Crippen molar-refractivity contribution in [1.82, 2.24) is 5.16 Å². The molecule has 0 aliphatic carbocycles. The third-order valence-electron chi connectivity index (χ3n) is 1.41. The summed E-state index contributed by atoms with van der Waals surface area (Å²) in [6, 6.07) is 5.93. The average molecular weight is 371 g/mol. The summed E-state index contributed by atoms with van der Waals surface area (Å²) in [5.41, 5.74) is 0.862. The lowest BCUT2D eigenvalue weighted by atomic mass is 10.3. The monoisotopic (exact) mass is 371 g/mol. The van der Waals surface area contributed by atoms with Crippen LogP contribution in [-0.2, 0) is 0 Å². The third kappa shape index (κ3) is 1.26. The van der Waals surface area contributed by atoms with Gasteiger partial charge in [-0.15, -0.1) is 0 Å². The van der Waals surface area contributed by atoms with Crippen LogP contribution in [0.1, 0.15) is 0 Å². The molecule has 0 aliphatic heterocycles. The minimum atomic E-state index is 0.862. The number of hydrogen-bond acceptors (Lipinski definition) is 2. The second-order valence-electron chi connectivity index (χ2n) is 2.09. The van der Waals surface area contributed by atoms with Crippen molar-refractivity contribution in [3.63, 3.8) is 0 Å². The first kappa shape index (κ1) is 7.78. The summed E-state index contributed by atoms with van der Waals surface area (Å²) in [7, 11) is 0. The van der Waals surface area contributed by atoms with E-state index >= 15 is 0 Å². The quantitative estimate of drug-likeness (QED) is 0.666. The molecule has 0 amide bonds. The highest BCUT2D eigenvalue weighted by molar-refractivity contribution is 14.1. The molecule has 4 heteroatoms. The summed E-state index contributed by atoms with van der Waals surface area (Å²) in [6.07, 6.45) is 0. The van der Waals surface area contributed by atoms with Gasteiger partial charge in [0.25, 0.3) is 0 Å². The van der Waals surface area contributed by atoms with Crippen molar-refractivity contribution >= 4 is 56.2 Å². The molecule has 2 nitrogen and oxygen atoms in total. The van der Waals surface area contributed by atoms with Gasteiger partial charge in [-0.2, -0.15) is 0 Å². The number of aromatic nitrogens is 1. The molecule has 0 bridgehead atoms. The Morgan fingerprint density at radius 2 is 2.09 bits per heavy atom. The maximum absolute atomic E-state index is 5.07. The van der Waals surface area contributed by atoms with Crippen LogP contribution in [0.4, 0.5) is 0 Å². The molecular weight excluding hydrogens is 368 g/mol. The maximum atomic E-state index is 5.07. The highest BCUT2D eigenvalue weighted by Gasteiger charge is 2.06. The summed E-state index contributed by atoms with van der Waals surface area (Å²) in [4.78, 5) is 0. The summed E-state index contributed by atoms with van der Waals surface area (Å²) < 4.78 is 7.19. The Morgan fingerprint density at radius 1 is 1.27 bits per heavy atom. The lowest BCUT2D eigenvalue weighted by Gasteiger charge is -1.88. The van der Waals surface area contributed by atoms with E-state index in [4.69, 9.17) is 4.52 Å². The van der Waals surface area contributed by atoms with Crippen molar-refractivity contribution in [3.05, 3.63) is 25.5 Å². The number of nitrogens with zero attached hydrogens (tertiary/aromatic N) is 1. The fraction of sp³-hybridized carbons (Fsp3) is 0. The fourth-order valence-corrected chi connectivity index (χ4v) is 2.82. The van der Waals surface area contributed by atoms with E-state index in [2.05, 4.69) is 50.3 Å². The Bertz CT molecular complexity index is 396. The van der Waals surface area contributed by atoms with Gasteiger partial charge in [0.2, 0.25) is 0 Å². The maximum Gasteiger partial charge on any atom is 0.169 e. The molecule has 0 saturated carbocycles. The zero-order chi connectivity index (χ0) is 7.84. The molecule has 11 heavy (non-hydrogen) atoms. The van der Waals surface area contributed by atoms with E-state index in [0.717, 1.165) is 14.7 Å². The zero-order valence-corrected chi connectivity index (χ0v) is 9.66. The van der Waals surface area contributed by atoms with Gasteiger partial charge in [-0.05, 0) is 57.3 Å². The van der Waals surface area contributed by atoms with Crippen LogP contribution in [0.15, 0.2) is 22.7 Å². The molecular formula is C7H3I2NO. The Hall–Kier alpha value is 0.150. The minimum absolute atomic E-state index is 0.862. The molecule has 0 spiro atoms. The molecule has 0 N–H and O–H groups in total.